The number of hydrogen-bond donors (Lipinski definition) is 2. The van der Waals surface area contributed by atoms with E-state index in [2.05, 4.69) is 5.32 Å². The molecule has 1 aromatic carbocycles. The maximum Gasteiger partial charge on any atom is 0.231 e. The number of nitrogens with two attached hydrogens (primary N) is 1. The molecule has 142 valence electrons. The third kappa shape index (κ3) is 4.37. The van der Waals surface area contributed by atoms with Crippen LogP contribution in [0.4, 0.5) is 0 Å². The second-order valence-electron chi connectivity index (χ2n) is 6.57. The van der Waals surface area contributed by atoms with E-state index in [1.165, 1.54) is 0 Å². The van der Waals surface area contributed by atoms with Crippen LogP contribution < -0.4 is 25.3 Å². The third-order valence-corrected chi connectivity index (χ3v) is 4.65. The predicted molar refractivity (Wildman–Crippen MR) is 94.2 cm³/mol. The number of benzene rings is 1. The second-order valence-corrected chi connectivity index (χ2v) is 6.57. The van der Waals surface area contributed by atoms with Crippen LogP contribution in [0.25, 0.3) is 0 Å². The highest BCUT2D eigenvalue weighted by atomic mass is 16.6. The molecule has 1 fully saturated rings. The molecule has 0 bridgehead atoms. The van der Waals surface area contributed by atoms with Gasteiger partial charge in [0, 0.05) is 24.7 Å². The first-order valence-corrected chi connectivity index (χ1v) is 8.81. The summed E-state index contributed by atoms with van der Waals surface area (Å²) >= 11 is 0. The predicted octanol–water partition coefficient (Wildman–Crippen LogP) is 0.280. The first-order chi connectivity index (χ1) is 12.6. The monoisotopic (exact) mass is 363 g/mol. The molecule has 1 aromatic rings. The van der Waals surface area contributed by atoms with E-state index in [1.807, 2.05) is 11.0 Å². The molecular weight excluding hydrogens is 338 g/mol. The van der Waals surface area contributed by atoms with Gasteiger partial charge in [-0.05, 0) is 25.5 Å². The summed E-state index contributed by atoms with van der Waals surface area (Å²) in [7, 11) is 1.58. The van der Waals surface area contributed by atoms with E-state index in [4.69, 9.17) is 19.9 Å². The van der Waals surface area contributed by atoms with Crippen LogP contribution in [0.3, 0.4) is 0 Å². The van der Waals surface area contributed by atoms with Gasteiger partial charge in [-0.25, -0.2) is 0 Å². The van der Waals surface area contributed by atoms with Crippen molar-refractivity contribution in [3.05, 3.63) is 17.7 Å². The fourth-order valence-electron chi connectivity index (χ4n) is 3.40. The SMILES string of the molecule is COc1cc2c(cc1CNC(=O)C1CCCN(CC(N)=O)C1)OCCO2. The molecular formula is C18H25N3O5. The lowest BCUT2D eigenvalue weighted by atomic mass is 9.97. The van der Waals surface area contributed by atoms with Crippen molar-refractivity contribution in [1.82, 2.24) is 10.2 Å². The number of amides is 2. The van der Waals surface area contributed by atoms with E-state index in [-0.39, 0.29) is 24.3 Å². The van der Waals surface area contributed by atoms with E-state index in [9.17, 15) is 9.59 Å². The second kappa shape index (κ2) is 8.27. The summed E-state index contributed by atoms with van der Waals surface area (Å²) in [4.78, 5) is 25.6. The van der Waals surface area contributed by atoms with Crippen molar-refractivity contribution in [1.29, 1.82) is 0 Å². The Morgan fingerprint density at radius 2 is 2.04 bits per heavy atom. The first-order valence-electron chi connectivity index (χ1n) is 8.81. The van der Waals surface area contributed by atoms with Crippen LogP contribution in [-0.2, 0) is 16.1 Å². The van der Waals surface area contributed by atoms with Crippen molar-refractivity contribution in [3.63, 3.8) is 0 Å². The van der Waals surface area contributed by atoms with Crippen LogP contribution in [0.1, 0.15) is 18.4 Å². The van der Waals surface area contributed by atoms with Gasteiger partial charge in [0.25, 0.3) is 0 Å². The lowest BCUT2D eigenvalue weighted by molar-refractivity contribution is -0.128. The minimum Gasteiger partial charge on any atom is -0.496 e. The summed E-state index contributed by atoms with van der Waals surface area (Å²) in [5.41, 5.74) is 6.08. The lowest BCUT2D eigenvalue weighted by Gasteiger charge is -2.31. The topological polar surface area (TPSA) is 103 Å². The molecule has 8 heteroatoms. The fourth-order valence-corrected chi connectivity index (χ4v) is 3.40. The van der Waals surface area contributed by atoms with Crippen molar-refractivity contribution >= 4 is 11.8 Å². The summed E-state index contributed by atoms with van der Waals surface area (Å²) in [6.07, 6.45) is 1.68. The minimum absolute atomic E-state index is 0.0314. The number of nitrogens with zero attached hydrogens (tertiary/aromatic N) is 1. The van der Waals surface area contributed by atoms with Gasteiger partial charge in [-0.15, -0.1) is 0 Å². The fraction of sp³-hybridized carbons (Fsp3) is 0.556. The molecule has 0 aromatic heterocycles. The average Bonchev–Trinajstić information content (AvgIpc) is 2.65. The summed E-state index contributed by atoms with van der Waals surface area (Å²) in [6, 6.07) is 3.62. The maximum absolute atomic E-state index is 12.5. The molecule has 0 aliphatic carbocycles. The molecule has 3 rings (SSSR count). The highest BCUT2D eigenvalue weighted by molar-refractivity contribution is 5.79. The summed E-state index contributed by atoms with van der Waals surface area (Å²) in [5.74, 6) is 1.41. The van der Waals surface area contributed by atoms with Crippen molar-refractivity contribution < 1.29 is 23.8 Å². The highest BCUT2D eigenvalue weighted by Gasteiger charge is 2.26. The number of rotatable bonds is 6. The molecule has 2 aliphatic heterocycles. The van der Waals surface area contributed by atoms with Gasteiger partial charge in [-0.2, -0.15) is 0 Å². The van der Waals surface area contributed by atoms with Crippen molar-refractivity contribution in [3.8, 4) is 17.2 Å². The molecule has 2 aliphatic rings. The Labute approximate surface area is 152 Å². The zero-order valence-corrected chi connectivity index (χ0v) is 15.0. The van der Waals surface area contributed by atoms with E-state index < -0.39 is 0 Å². The number of ether oxygens (including phenoxy) is 3. The lowest BCUT2D eigenvalue weighted by Crippen LogP contribution is -2.45. The Morgan fingerprint density at radius 3 is 2.73 bits per heavy atom. The van der Waals surface area contributed by atoms with Crippen LogP contribution in [0.2, 0.25) is 0 Å². The van der Waals surface area contributed by atoms with Crippen molar-refractivity contribution in [2.45, 2.75) is 19.4 Å². The van der Waals surface area contributed by atoms with Crippen molar-refractivity contribution in [2.24, 2.45) is 11.7 Å². The van der Waals surface area contributed by atoms with Crippen LogP contribution >= 0.6 is 0 Å². The molecule has 0 saturated carbocycles. The zero-order valence-electron chi connectivity index (χ0n) is 15.0. The Hall–Kier alpha value is -2.48. The number of fused-ring (bicyclic) bond motifs is 1. The highest BCUT2D eigenvalue weighted by Crippen LogP contribution is 2.36. The molecule has 26 heavy (non-hydrogen) atoms. The quantitative estimate of drug-likeness (QED) is 0.753. The Kier molecular flexibility index (Phi) is 5.82. The number of primary amides is 1. The van der Waals surface area contributed by atoms with Gasteiger partial charge in [-0.3, -0.25) is 14.5 Å². The van der Waals surface area contributed by atoms with Gasteiger partial charge in [0.05, 0.1) is 19.6 Å². The molecule has 1 atom stereocenters. The maximum atomic E-state index is 12.5. The Bertz CT molecular complexity index is 679. The molecule has 0 spiro atoms. The van der Waals surface area contributed by atoms with E-state index in [0.29, 0.717) is 43.6 Å². The van der Waals surface area contributed by atoms with Gasteiger partial charge in [-0.1, -0.05) is 0 Å². The van der Waals surface area contributed by atoms with Gasteiger partial charge in [0.1, 0.15) is 19.0 Å². The van der Waals surface area contributed by atoms with Gasteiger partial charge < -0.3 is 25.3 Å². The van der Waals surface area contributed by atoms with Crippen molar-refractivity contribution in [2.75, 3.05) is 40.0 Å². The number of nitrogens with one attached hydrogen (secondary N) is 1. The molecule has 3 N–H and O–H groups in total. The number of piperidine rings is 1. The standard InChI is InChI=1S/C18H25N3O5/c1-24-14-8-16-15(25-5-6-26-16)7-13(14)9-20-18(23)12-3-2-4-21(10-12)11-17(19)22/h7-8,12H,2-6,9-11H2,1H3,(H2,19,22)(H,20,23). The molecule has 2 heterocycles. The van der Waals surface area contributed by atoms with E-state index in [1.54, 1.807) is 13.2 Å². The van der Waals surface area contributed by atoms with Crippen LogP contribution in [0, 0.1) is 5.92 Å². The van der Waals surface area contributed by atoms with E-state index >= 15 is 0 Å². The number of methoxy groups -OCH3 is 1. The van der Waals surface area contributed by atoms with Crippen LogP contribution in [0.5, 0.6) is 17.2 Å². The normalized spacial score (nSPS) is 19.7. The third-order valence-electron chi connectivity index (χ3n) is 4.65. The number of likely N-dealkylation sites (tertiary alicyclic amines) is 1. The van der Waals surface area contributed by atoms with Crippen LogP contribution in [-0.4, -0.2) is 56.7 Å². The summed E-state index contributed by atoms with van der Waals surface area (Å²) in [5, 5.41) is 2.97. The first kappa shape index (κ1) is 18.3. The molecule has 2 amide bonds. The van der Waals surface area contributed by atoms with Gasteiger partial charge in [0.2, 0.25) is 11.8 Å². The Morgan fingerprint density at radius 1 is 1.31 bits per heavy atom. The van der Waals surface area contributed by atoms with Crippen LogP contribution in [0.15, 0.2) is 12.1 Å². The number of hydrogen-bond acceptors (Lipinski definition) is 6. The molecule has 1 saturated heterocycles. The largest absolute Gasteiger partial charge is 0.496 e. The van der Waals surface area contributed by atoms with Gasteiger partial charge in [0.15, 0.2) is 11.5 Å². The average molecular weight is 363 g/mol. The smallest absolute Gasteiger partial charge is 0.231 e. The zero-order chi connectivity index (χ0) is 18.5. The van der Waals surface area contributed by atoms with E-state index in [0.717, 1.165) is 24.9 Å². The summed E-state index contributed by atoms with van der Waals surface area (Å²) in [6.45, 7) is 2.89. The summed E-state index contributed by atoms with van der Waals surface area (Å²) < 4.78 is 16.5. The molecule has 1 unspecified atom stereocenters. The van der Waals surface area contributed by atoms with Gasteiger partial charge >= 0.3 is 0 Å². The molecule has 8 nitrogen and oxygen atoms in total. The number of carbonyl (C=O) groups excluding carboxylic acids is 2. The molecule has 0 radical (unpaired) electrons. The minimum atomic E-state index is -0.368. The number of carbonyl (C=O) groups is 2. The Balaban J connectivity index is 1.61.